The van der Waals surface area contributed by atoms with Gasteiger partial charge in [0.05, 0.1) is 22.1 Å². The second-order valence-electron chi connectivity index (χ2n) is 7.93. The Morgan fingerprint density at radius 3 is 1.86 bits per heavy atom. The molecule has 0 aliphatic carbocycles. The van der Waals surface area contributed by atoms with Crippen LogP contribution in [0.1, 0.15) is 28.3 Å². The largest absolute Gasteiger partial charge is 0.508 e. The molecular formula is C25H17F6NO3S. The lowest BCUT2D eigenvalue weighted by Gasteiger charge is -2.23. The van der Waals surface area contributed by atoms with Crippen LogP contribution in [0.5, 0.6) is 5.75 Å². The predicted octanol–water partition coefficient (Wildman–Crippen LogP) is 6.65. The number of hydrogen-bond acceptors (Lipinski definition) is 3. The van der Waals surface area contributed by atoms with Crippen molar-refractivity contribution in [3.8, 4) is 5.75 Å². The summed E-state index contributed by atoms with van der Waals surface area (Å²) >= 11 is 0. The molecule has 4 aromatic carbocycles. The highest BCUT2D eigenvalue weighted by molar-refractivity contribution is 7.89. The summed E-state index contributed by atoms with van der Waals surface area (Å²) in [5, 5.41) is 11.7. The number of phenols is 1. The molecule has 0 bridgehead atoms. The Hall–Kier alpha value is -3.57. The summed E-state index contributed by atoms with van der Waals surface area (Å²) in [6.07, 6.45) is -10.4. The number of nitrogens with one attached hydrogen (secondary N) is 1. The number of aromatic hydroxyl groups is 1. The molecule has 0 saturated carbocycles. The molecule has 1 atom stereocenters. The van der Waals surface area contributed by atoms with Gasteiger partial charge in [0.2, 0.25) is 10.0 Å². The van der Waals surface area contributed by atoms with Gasteiger partial charge in [-0.2, -0.15) is 31.1 Å². The lowest BCUT2D eigenvalue weighted by atomic mass is 9.93. The van der Waals surface area contributed by atoms with E-state index >= 15 is 0 Å². The average molecular weight is 525 g/mol. The van der Waals surface area contributed by atoms with Crippen LogP contribution in [-0.4, -0.2) is 13.5 Å². The van der Waals surface area contributed by atoms with Crippen LogP contribution in [0, 0.1) is 0 Å². The number of halogens is 6. The van der Waals surface area contributed by atoms with Crippen LogP contribution in [0.2, 0.25) is 0 Å². The normalized spacial score (nSPS) is 13.6. The molecule has 0 fully saturated rings. The van der Waals surface area contributed by atoms with E-state index in [0.29, 0.717) is 16.3 Å². The Kier molecular flexibility index (Phi) is 6.48. The van der Waals surface area contributed by atoms with Crippen molar-refractivity contribution in [3.63, 3.8) is 0 Å². The van der Waals surface area contributed by atoms with Gasteiger partial charge in [0.25, 0.3) is 0 Å². The standard InChI is InChI=1S/C25H17F6NO3S/c26-24(27,28)17-12-18(25(29,30)31)14-19(13-17)36(34,35)32-23(16-7-2-1-3-8-16)22-20-9-5-4-6-15(20)10-11-21(22)33/h1-14,23,32-33H/t23-/m0/s1. The third kappa shape index (κ3) is 5.17. The van der Waals surface area contributed by atoms with Gasteiger partial charge in [0, 0.05) is 5.56 Å². The topological polar surface area (TPSA) is 66.4 Å². The second kappa shape index (κ2) is 9.14. The summed E-state index contributed by atoms with van der Waals surface area (Å²) in [5.41, 5.74) is -3.13. The molecule has 4 nitrogen and oxygen atoms in total. The fraction of sp³-hybridized carbons (Fsp3) is 0.120. The van der Waals surface area contributed by atoms with Gasteiger partial charge < -0.3 is 5.11 Å². The first-order valence-corrected chi connectivity index (χ1v) is 11.8. The summed E-state index contributed by atoms with van der Waals surface area (Å²) in [4.78, 5) is -1.22. The Labute approximate surface area is 201 Å². The van der Waals surface area contributed by atoms with Gasteiger partial charge in [0.15, 0.2) is 0 Å². The quantitative estimate of drug-likeness (QED) is 0.287. The highest BCUT2D eigenvalue weighted by atomic mass is 32.2. The maximum atomic E-state index is 13.3. The first kappa shape index (κ1) is 25.5. The Morgan fingerprint density at radius 2 is 1.28 bits per heavy atom. The van der Waals surface area contributed by atoms with Crippen LogP contribution in [0.25, 0.3) is 10.8 Å². The molecule has 0 aromatic heterocycles. The van der Waals surface area contributed by atoms with Crippen LogP contribution in [-0.2, 0) is 22.4 Å². The van der Waals surface area contributed by atoms with E-state index in [-0.39, 0.29) is 29.5 Å². The zero-order valence-electron chi connectivity index (χ0n) is 18.1. The second-order valence-corrected chi connectivity index (χ2v) is 9.64. The molecule has 0 unspecified atom stereocenters. The summed E-state index contributed by atoms with van der Waals surface area (Å²) in [7, 11) is -4.97. The van der Waals surface area contributed by atoms with E-state index in [4.69, 9.17) is 0 Å². The molecule has 2 N–H and O–H groups in total. The molecule has 0 heterocycles. The number of benzene rings is 4. The number of rotatable bonds is 5. The van der Waals surface area contributed by atoms with Crippen LogP contribution in [0.4, 0.5) is 26.3 Å². The highest BCUT2D eigenvalue weighted by Crippen LogP contribution is 2.39. The molecule has 188 valence electrons. The summed E-state index contributed by atoms with van der Waals surface area (Å²) < 4.78 is 109. The van der Waals surface area contributed by atoms with Crippen molar-refractivity contribution in [1.29, 1.82) is 0 Å². The summed E-state index contributed by atoms with van der Waals surface area (Å²) in [6.45, 7) is 0. The van der Waals surface area contributed by atoms with E-state index in [0.717, 1.165) is 0 Å². The molecule has 0 amide bonds. The number of alkyl halides is 6. The monoisotopic (exact) mass is 525 g/mol. The average Bonchev–Trinajstić information content (AvgIpc) is 2.82. The van der Waals surface area contributed by atoms with Crippen molar-refractivity contribution in [3.05, 3.63) is 107 Å². The number of hydrogen-bond donors (Lipinski definition) is 2. The fourth-order valence-electron chi connectivity index (χ4n) is 3.83. The third-order valence-corrected chi connectivity index (χ3v) is 6.92. The lowest BCUT2D eigenvalue weighted by Crippen LogP contribution is -2.30. The van der Waals surface area contributed by atoms with Crippen molar-refractivity contribution >= 4 is 20.8 Å². The van der Waals surface area contributed by atoms with Crippen LogP contribution >= 0.6 is 0 Å². The smallest absolute Gasteiger partial charge is 0.416 e. The van der Waals surface area contributed by atoms with Crippen LogP contribution < -0.4 is 4.72 Å². The van der Waals surface area contributed by atoms with Gasteiger partial charge in [-0.3, -0.25) is 0 Å². The predicted molar refractivity (Wildman–Crippen MR) is 121 cm³/mol. The molecule has 0 aliphatic heterocycles. The maximum absolute atomic E-state index is 13.3. The SMILES string of the molecule is O=S(=O)(N[C@@H](c1ccccc1)c1c(O)ccc2ccccc12)c1cc(C(F)(F)F)cc(C(F)(F)F)c1. The van der Waals surface area contributed by atoms with E-state index in [9.17, 15) is 39.9 Å². The summed E-state index contributed by atoms with van der Waals surface area (Å²) in [6, 6.07) is 16.2. The number of fused-ring (bicyclic) bond motifs is 1. The van der Waals surface area contributed by atoms with Gasteiger partial charge in [-0.25, -0.2) is 8.42 Å². The molecule has 11 heteroatoms. The van der Waals surface area contributed by atoms with E-state index in [1.54, 1.807) is 48.5 Å². The Bertz CT molecular complexity index is 1480. The molecule has 0 saturated heterocycles. The first-order valence-electron chi connectivity index (χ1n) is 10.3. The summed E-state index contributed by atoms with van der Waals surface area (Å²) in [5.74, 6) is -0.315. The molecule has 0 radical (unpaired) electrons. The zero-order valence-corrected chi connectivity index (χ0v) is 18.9. The molecular weight excluding hydrogens is 508 g/mol. The zero-order chi connectivity index (χ0) is 26.3. The van der Waals surface area contributed by atoms with E-state index in [2.05, 4.69) is 4.72 Å². The van der Waals surface area contributed by atoms with Crippen LogP contribution in [0.3, 0.4) is 0 Å². The number of phenolic OH excluding ortho intramolecular Hbond substituents is 1. The van der Waals surface area contributed by atoms with Gasteiger partial charge in [0.1, 0.15) is 5.75 Å². The fourth-order valence-corrected chi connectivity index (χ4v) is 5.10. The minimum atomic E-state index is -5.22. The highest BCUT2D eigenvalue weighted by Gasteiger charge is 2.39. The van der Waals surface area contributed by atoms with Gasteiger partial charge in [-0.05, 0) is 40.6 Å². The minimum Gasteiger partial charge on any atom is -0.508 e. The molecule has 4 aromatic rings. The molecule has 36 heavy (non-hydrogen) atoms. The Morgan fingerprint density at radius 1 is 0.722 bits per heavy atom. The number of sulfonamides is 1. The Balaban J connectivity index is 1.92. The minimum absolute atomic E-state index is 0.0888. The molecule has 4 rings (SSSR count). The van der Waals surface area contributed by atoms with Gasteiger partial charge in [-0.1, -0.05) is 60.7 Å². The third-order valence-electron chi connectivity index (χ3n) is 5.51. The van der Waals surface area contributed by atoms with E-state index in [1.165, 1.54) is 18.2 Å². The van der Waals surface area contributed by atoms with Crippen molar-refractivity contribution in [2.45, 2.75) is 23.3 Å². The van der Waals surface area contributed by atoms with E-state index in [1.807, 2.05) is 0 Å². The van der Waals surface area contributed by atoms with Gasteiger partial charge in [-0.15, -0.1) is 0 Å². The van der Waals surface area contributed by atoms with Gasteiger partial charge >= 0.3 is 12.4 Å². The van der Waals surface area contributed by atoms with Crippen molar-refractivity contribution in [2.75, 3.05) is 0 Å². The molecule has 0 aliphatic rings. The van der Waals surface area contributed by atoms with Crippen LogP contribution in [0.15, 0.2) is 89.8 Å². The van der Waals surface area contributed by atoms with Crippen molar-refractivity contribution in [2.24, 2.45) is 0 Å². The lowest BCUT2D eigenvalue weighted by molar-refractivity contribution is -0.143. The molecule has 0 spiro atoms. The first-order chi connectivity index (χ1) is 16.8. The van der Waals surface area contributed by atoms with E-state index < -0.39 is 44.4 Å². The maximum Gasteiger partial charge on any atom is 0.416 e. The van der Waals surface area contributed by atoms with Crippen molar-refractivity contribution in [1.82, 2.24) is 4.72 Å². The van der Waals surface area contributed by atoms with Crippen molar-refractivity contribution < 1.29 is 39.9 Å².